The Balaban J connectivity index is 0.000000164. The highest BCUT2D eigenvalue weighted by molar-refractivity contribution is 6.30. The number of aromatic nitrogens is 4. The Morgan fingerprint density at radius 3 is 0.795 bits per heavy atom. The van der Waals surface area contributed by atoms with Crippen LogP contribution in [0.4, 0.5) is 68.8 Å². The standard InChI is InChI=1S/C26H32N4O3.C25H32ClN3O3.2C25H32N4O2/c1-18(2)17-30(22-8-12-33-13-9-22)24-23(29-21-6-4-19(15-27)5-7-21)14-20(16-28-24)26(25(31)32)10-3-11-26;1-17(2)16-29(21-8-12-32-13-9-21)23-22(28-20-6-4-19(26)5-7-20)14-18(15-27-23)25(24(30)31)10-3-11-25;2*1-17(2)15-29(16-18(3)4)23-22(28-21-8-6-19(13-26)7-9-21)12-20(14-27-23)25(24(30)31)10-5-11-25/h4-7,14,16,18,22,29H,3,8-13,17H2,1-2H3,(H,31,32);4-7,14-15,17,21,28H,3,8-13,16H2,1-2H3,(H,30,31);2*6-9,12,14,17-18,28H,5,10-11,15-16H2,1-4H3,(H,30,31). The van der Waals surface area contributed by atoms with Gasteiger partial charge in [-0.15, -0.1) is 0 Å². The smallest absolute Gasteiger partial charge is 0.314 e. The number of pyridine rings is 4. The number of nitrogens with one attached hydrogen (secondary N) is 4. The summed E-state index contributed by atoms with van der Waals surface area (Å²) in [5.74, 6) is 2.99. The lowest BCUT2D eigenvalue weighted by Gasteiger charge is -2.40. The van der Waals surface area contributed by atoms with Gasteiger partial charge in [0.2, 0.25) is 0 Å². The summed E-state index contributed by atoms with van der Waals surface area (Å²) in [7, 11) is 0. The van der Waals surface area contributed by atoms with Gasteiger partial charge in [0.1, 0.15) is 0 Å². The van der Waals surface area contributed by atoms with Gasteiger partial charge in [-0.05, 0) is 256 Å². The van der Waals surface area contributed by atoms with E-state index in [9.17, 15) is 39.6 Å². The quantitative estimate of drug-likeness (QED) is 0.0186. The van der Waals surface area contributed by atoms with Crippen LogP contribution in [-0.2, 0) is 50.3 Å². The van der Waals surface area contributed by atoms with Crippen molar-refractivity contribution in [1.82, 2.24) is 19.9 Å². The van der Waals surface area contributed by atoms with Gasteiger partial charge in [-0.1, -0.05) is 120 Å². The molecule has 6 fully saturated rings. The number of hydrogen-bond donors (Lipinski definition) is 8. The molecule has 4 aromatic carbocycles. The van der Waals surface area contributed by atoms with E-state index in [0.717, 1.165) is 208 Å². The molecule has 4 aliphatic carbocycles. The van der Waals surface area contributed by atoms with Crippen molar-refractivity contribution in [1.29, 1.82) is 15.8 Å². The fraction of sp³-hybridized carbons (Fsp3) is 0.495. The molecule has 0 radical (unpaired) electrons. The highest BCUT2D eigenvalue weighted by Gasteiger charge is 2.50. The summed E-state index contributed by atoms with van der Waals surface area (Å²) >= 11 is 6.08. The summed E-state index contributed by atoms with van der Waals surface area (Å²) in [6, 6.07) is 44.3. The number of nitrogens with zero attached hydrogens (tertiary/aromatic N) is 11. The van der Waals surface area contributed by atoms with Crippen LogP contribution in [0.1, 0.15) is 225 Å². The first kappa shape index (κ1) is 96.1. The molecule has 127 heavy (non-hydrogen) atoms. The molecule has 674 valence electrons. The molecule has 4 saturated carbocycles. The zero-order valence-corrected chi connectivity index (χ0v) is 76.7. The average molecular weight is 1750 g/mol. The van der Waals surface area contributed by atoms with Crippen LogP contribution in [-0.4, -0.2) is 142 Å². The minimum Gasteiger partial charge on any atom is -0.481 e. The first-order valence-electron chi connectivity index (χ1n) is 45.3. The molecule has 0 atom stereocenters. The molecule has 0 bridgehead atoms. The zero-order valence-electron chi connectivity index (χ0n) is 75.9. The number of anilines is 12. The van der Waals surface area contributed by atoms with Crippen LogP contribution in [0.2, 0.25) is 5.02 Å². The number of rotatable bonds is 34. The van der Waals surface area contributed by atoms with Gasteiger partial charge in [-0.2, -0.15) is 15.8 Å². The van der Waals surface area contributed by atoms with Crippen molar-refractivity contribution in [3.8, 4) is 18.2 Å². The van der Waals surface area contributed by atoms with Crippen molar-refractivity contribution in [3.05, 3.63) is 190 Å². The first-order valence-corrected chi connectivity index (χ1v) is 45.7. The minimum atomic E-state index is -0.853. The van der Waals surface area contributed by atoms with Gasteiger partial charge in [0, 0.05) is 130 Å². The topological polar surface area (TPSA) is 352 Å². The van der Waals surface area contributed by atoms with E-state index in [1.54, 1.807) is 61.2 Å². The average Bonchev–Trinajstić information content (AvgIpc) is 0.769. The molecular weight excluding hydrogens is 1620 g/mol. The first-order chi connectivity index (χ1) is 60.8. The van der Waals surface area contributed by atoms with Crippen molar-refractivity contribution in [2.45, 2.75) is 220 Å². The summed E-state index contributed by atoms with van der Waals surface area (Å²) in [6.45, 7) is 34.4. The van der Waals surface area contributed by atoms with Crippen LogP contribution in [0.3, 0.4) is 0 Å². The van der Waals surface area contributed by atoms with Gasteiger partial charge in [-0.25, -0.2) is 19.9 Å². The summed E-state index contributed by atoms with van der Waals surface area (Å²) in [5.41, 5.74) is 8.09. The highest BCUT2D eigenvalue weighted by Crippen LogP contribution is 2.51. The molecule has 2 saturated heterocycles. The summed E-state index contributed by atoms with van der Waals surface area (Å²) in [6.07, 6.45) is 19.6. The maximum atomic E-state index is 12.2. The number of carboxylic acid groups (broad SMARTS) is 4. The van der Waals surface area contributed by atoms with E-state index in [4.69, 9.17) is 56.8 Å². The number of carbonyl (C=O) groups is 4. The lowest BCUT2D eigenvalue weighted by atomic mass is 9.65. The van der Waals surface area contributed by atoms with Crippen LogP contribution in [0.25, 0.3) is 0 Å². The Hall–Kier alpha value is -11.6. The van der Waals surface area contributed by atoms with Crippen molar-refractivity contribution in [2.24, 2.45) is 35.5 Å². The number of benzene rings is 4. The highest BCUT2D eigenvalue weighted by atomic mass is 35.5. The number of carboxylic acids is 4. The minimum absolute atomic E-state index is 0.318. The predicted octanol–water partition coefficient (Wildman–Crippen LogP) is 21.1. The zero-order chi connectivity index (χ0) is 91.3. The van der Waals surface area contributed by atoms with E-state index in [0.29, 0.717) is 121 Å². The largest absolute Gasteiger partial charge is 0.481 e. The molecule has 8 N–H and O–H groups in total. The van der Waals surface area contributed by atoms with Gasteiger partial charge >= 0.3 is 23.9 Å². The van der Waals surface area contributed by atoms with Gasteiger partial charge in [0.05, 0.1) is 79.3 Å². The van der Waals surface area contributed by atoms with Crippen LogP contribution >= 0.6 is 11.6 Å². The fourth-order valence-electron chi connectivity index (χ4n) is 17.7. The van der Waals surface area contributed by atoms with E-state index >= 15 is 0 Å². The van der Waals surface area contributed by atoms with Gasteiger partial charge in [0.15, 0.2) is 23.3 Å². The van der Waals surface area contributed by atoms with Crippen molar-refractivity contribution in [2.75, 3.05) is 107 Å². The maximum absolute atomic E-state index is 12.2. The molecule has 25 nitrogen and oxygen atoms in total. The van der Waals surface area contributed by atoms with E-state index in [1.807, 2.05) is 84.9 Å². The Bertz CT molecular complexity index is 4970. The number of halogens is 1. The Morgan fingerprint density at radius 1 is 0.370 bits per heavy atom. The number of nitriles is 3. The molecule has 0 amide bonds. The molecular formula is C101H128ClN15O10. The van der Waals surface area contributed by atoms with Crippen LogP contribution < -0.4 is 40.9 Å². The third-order valence-corrected chi connectivity index (χ3v) is 25.3. The van der Waals surface area contributed by atoms with Gasteiger partial charge in [0.25, 0.3) is 0 Å². The van der Waals surface area contributed by atoms with Gasteiger partial charge in [-0.3, -0.25) is 19.2 Å². The van der Waals surface area contributed by atoms with Crippen LogP contribution in [0, 0.1) is 69.5 Å². The number of aliphatic carboxylic acids is 4. The lowest BCUT2D eigenvalue weighted by Crippen LogP contribution is -2.44. The molecule has 6 heterocycles. The number of hydrogen-bond acceptors (Lipinski definition) is 21. The summed E-state index contributed by atoms with van der Waals surface area (Å²) in [5, 5.41) is 81.6. The molecule has 4 aromatic heterocycles. The van der Waals surface area contributed by atoms with Gasteiger partial charge < -0.3 is 70.8 Å². The normalized spacial score (nSPS) is 16.4. The van der Waals surface area contributed by atoms with Crippen LogP contribution in [0.15, 0.2) is 146 Å². The third-order valence-electron chi connectivity index (χ3n) is 25.0. The fourth-order valence-corrected chi connectivity index (χ4v) is 17.9. The van der Waals surface area contributed by atoms with Crippen molar-refractivity contribution in [3.63, 3.8) is 0 Å². The van der Waals surface area contributed by atoms with Crippen molar-refractivity contribution >= 4 is 104 Å². The van der Waals surface area contributed by atoms with Crippen LogP contribution in [0.5, 0.6) is 0 Å². The van der Waals surface area contributed by atoms with E-state index in [2.05, 4.69) is 142 Å². The lowest BCUT2D eigenvalue weighted by molar-refractivity contribution is -0.148. The molecule has 14 rings (SSSR count). The predicted molar refractivity (Wildman–Crippen MR) is 503 cm³/mol. The monoisotopic (exact) mass is 1750 g/mol. The second-order valence-electron chi connectivity index (χ2n) is 37.6. The van der Waals surface area contributed by atoms with Crippen molar-refractivity contribution < 1.29 is 49.1 Å². The van der Waals surface area contributed by atoms with E-state index in [-0.39, 0.29) is 0 Å². The molecule has 8 aromatic rings. The van der Waals surface area contributed by atoms with E-state index < -0.39 is 45.5 Å². The second-order valence-corrected chi connectivity index (χ2v) is 38.0. The van der Waals surface area contributed by atoms with E-state index in [1.165, 1.54) is 0 Å². The molecule has 6 aliphatic rings. The molecule has 0 spiro atoms. The molecule has 2 aliphatic heterocycles. The second kappa shape index (κ2) is 43.8. The Labute approximate surface area is 754 Å². The molecule has 26 heteroatoms. The Morgan fingerprint density at radius 2 is 0.591 bits per heavy atom. The maximum Gasteiger partial charge on any atom is 0.314 e. The third kappa shape index (κ3) is 23.8. The number of ether oxygens (including phenoxy) is 2. The SMILES string of the molecule is CC(C)CN(CC(C)C)c1ncc(C2(C(=O)O)CCC2)cc1Nc1ccc(C#N)cc1.CC(C)CN(CC(C)C)c1ncc(C2(C(=O)O)CCC2)cc1Nc1ccc(C#N)cc1.CC(C)CN(c1ncc(C2(C(=O)O)CCC2)cc1Nc1ccc(C#N)cc1)C1CCOCC1.CC(C)CN(c1ncc(C2(C(=O)O)CCC2)cc1Nc1ccc(Cl)cc1)C1CCOCC1. The Kier molecular flexibility index (Phi) is 33.1. The summed E-state index contributed by atoms with van der Waals surface area (Å²) in [4.78, 5) is 77.1. The molecule has 0 unspecified atom stereocenters. The summed E-state index contributed by atoms with van der Waals surface area (Å²) < 4.78 is 11.2.